The lowest BCUT2D eigenvalue weighted by Crippen LogP contribution is -2.25. The SMILES string of the molecule is CNC1=C(NC)C(=O)N(C)C1. The fraction of sp³-hybridized carbons (Fsp3) is 0.571. The summed E-state index contributed by atoms with van der Waals surface area (Å²) in [5.74, 6) is 0.0526. The van der Waals surface area contributed by atoms with Gasteiger partial charge < -0.3 is 15.5 Å². The summed E-state index contributed by atoms with van der Waals surface area (Å²) >= 11 is 0. The summed E-state index contributed by atoms with van der Waals surface area (Å²) in [4.78, 5) is 12.9. The highest BCUT2D eigenvalue weighted by molar-refractivity contribution is 5.96. The minimum absolute atomic E-state index is 0.0526. The van der Waals surface area contributed by atoms with Crippen LogP contribution in [0.4, 0.5) is 0 Å². The van der Waals surface area contributed by atoms with Crippen molar-refractivity contribution >= 4 is 5.91 Å². The zero-order chi connectivity index (χ0) is 8.43. The average molecular weight is 155 g/mol. The Bertz CT molecular complexity index is 210. The van der Waals surface area contributed by atoms with Gasteiger partial charge in [0, 0.05) is 21.1 Å². The number of nitrogens with zero attached hydrogens (tertiary/aromatic N) is 1. The second-order valence-corrected chi connectivity index (χ2v) is 2.51. The van der Waals surface area contributed by atoms with E-state index in [2.05, 4.69) is 10.6 Å². The first-order valence-electron chi connectivity index (χ1n) is 3.54. The van der Waals surface area contributed by atoms with Crippen LogP contribution >= 0.6 is 0 Å². The van der Waals surface area contributed by atoms with Crippen LogP contribution in [0.2, 0.25) is 0 Å². The van der Waals surface area contributed by atoms with Crippen molar-refractivity contribution in [2.45, 2.75) is 0 Å². The summed E-state index contributed by atoms with van der Waals surface area (Å²) in [6, 6.07) is 0. The average Bonchev–Trinajstić information content (AvgIpc) is 2.28. The molecule has 0 bridgehead atoms. The topological polar surface area (TPSA) is 44.4 Å². The Morgan fingerprint density at radius 3 is 2.36 bits per heavy atom. The van der Waals surface area contributed by atoms with Crippen LogP contribution in [-0.2, 0) is 4.79 Å². The highest BCUT2D eigenvalue weighted by atomic mass is 16.2. The zero-order valence-corrected chi connectivity index (χ0v) is 7.06. The lowest BCUT2D eigenvalue weighted by Gasteiger charge is -2.06. The van der Waals surface area contributed by atoms with E-state index < -0.39 is 0 Å². The van der Waals surface area contributed by atoms with Crippen LogP contribution in [0.1, 0.15) is 0 Å². The summed E-state index contributed by atoms with van der Waals surface area (Å²) < 4.78 is 0. The second-order valence-electron chi connectivity index (χ2n) is 2.51. The molecule has 0 saturated carbocycles. The molecular weight excluding hydrogens is 142 g/mol. The van der Waals surface area contributed by atoms with E-state index in [0.717, 1.165) is 5.70 Å². The second kappa shape index (κ2) is 2.82. The third-order valence-electron chi connectivity index (χ3n) is 1.81. The summed E-state index contributed by atoms with van der Waals surface area (Å²) in [6.45, 7) is 0.672. The largest absolute Gasteiger partial charge is 0.388 e. The van der Waals surface area contributed by atoms with Crippen molar-refractivity contribution in [2.24, 2.45) is 0 Å². The molecule has 0 fully saturated rings. The van der Waals surface area contributed by atoms with Crippen molar-refractivity contribution in [3.8, 4) is 0 Å². The van der Waals surface area contributed by atoms with Crippen molar-refractivity contribution in [2.75, 3.05) is 27.7 Å². The molecule has 0 aromatic carbocycles. The smallest absolute Gasteiger partial charge is 0.271 e. The van der Waals surface area contributed by atoms with Crippen LogP contribution in [0.3, 0.4) is 0 Å². The van der Waals surface area contributed by atoms with E-state index in [0.29, 0.717) is 12.2 Å². The molecule has 2 N–H and O–H groups in total. The fourth-order valence-electron chi connectivity index (χ4n) is 1.17. The number of hydrogen-bond donors (Lipinski definition) is 2. The van der Waals surface area contributed by atoms with Crippen LogP contribution in [-0.4, -0.2) is 38.5 Å². The maximum absolute atomic E-state index is 11.3. The first kappa shape index (κ1) is 7.91. The third kappa shape index (κ3) is 1.15. The molecule has 1 rings (SSSR count). The summed E-state index contributed by atoms with van der Waals surface area (Å²) in [5.41, 5.74) is 1.63. The number of amides is 1. The van der Waals surface area contributed by atoms with Crippen LogP contribution in [0, 0.1) is 0 Å². The van der Waals surface area contributed by atoms with Crippen molar-refractivity contribution in [3.05, 3.63) is 11.4 Å². The van der Waals surface area contributed by atoms with Crippen molar-refractivity contribution < 1.29 is 4.79 Å². The predicted octanol–water partition coefficient (Wildman–Crippen LogP) is -0.891. The molecule has 4 nitrogen and oxygen atoms in total. The minimum atomic E-state index is 0.0526. The summed E-state index contributed by atoms with van der Waals surface area (Å²) in [5, 5.41) is 5.85. The highest BCUT2D eigenvalue weighted by Crippen LogP contribution is 2.11. The molecule has 0 aromatic heterocycles. The molecule has 0 saturated heterocycles. The molecule has 4 heteroatoms. The van der Waals surface area contributed by atoms with Crippen molar-refractivity contribution in [1.82, 2.24) is 15.5 Å². The molecule has 11 heavy (non-hydrogen) atoms. The number of carbonyl (C=O) groups excluding carboxylic acids is 1. The fourth-order valence-corrected chi connectivity index (χ4v) is 1.17. The minimum Gasteiger partial charge on any atom is -0.388 e. The first-order chi connectivity index (χ1) is 5.20. The molecule has 62 valence electrons. The maximum atomic E-state index is 11.3. The van der Waals surface area contributed by atoms with Gasteiger partial charge in [0.25, 0.3) is 5.91 Å². The van der Waals surface area contributed by atoms with Gasteiger partial charge >= 0.3 is 0 Å². The molecule has 1 amide bonds. The van der Waals surface area contributed by atoms with Crippen molar-refractivity contribution in [1.29, 1.82) is 0 Å². The number of rotatable bonds is 2. The lowest BCUT2D eigenvalue weighted by molar-refractivity contribution is -0.124. The molecule has 1 aliphatic rings. The van der Waals surface area contributed by atoms with E-state index in [-0.39, 0.29) is 5.91 Å². The monoisotopic (exact) mass is 155 g/mol. The Balaban J connectivity index is 2.86. The van der Waals surface area contributed by atoms with Gasteiger partial charge in [0.2, 0.25) is 0 Å². The molecule has 0 aliphatic carbocycles. The van der Waals surface area contributed by atoms with Gasteiger partial charge in [-0.25, -0.2) is 0 Å². The highest BCUT2D eigenvalue weighted by Gasteiger charge is 2.25. The number of likely N-dealkylation sites (N-methyl/N-ethyl adjacent to an activating group) is 3. The van der Waals surface area contributed by atoms with Gasteiger partial charge in [-0.05, 0) is 0 Å². The van der Waals surface area contributed by atoms with E-state index >= 15 is 0 Å². The van der Waals surface area contributed by atoms with E-state index in [1.54, 1.807) is 19.0 Å². The summed E-state index contributed by atoms with van der Waals surface area (Å²) in [7, 11) is 5.35. The van der Waals surface area contributed by atoms with Crippen molar-refractivity contribution in [3.63, 3.8) is 0 Å². The number of carbonyl (C=O) groups is 1. The van der Waals surface area contributed by atoms with E-state index in [1.165, 1.54) is 0 Å². The molecule has 0 spiro atoms. The molecule has 0 radical (unpaired) electrons. The Morgan fingerprint density at radius 2 is 2.00 bits per heavy atom. The Labute approximate surface area is 66.3 Å². The third-order valence-corrected chi connectivity index (χ3v) is 1.81. The van der Waals surface area contributed by atoms with Crippen LogP contribution in [0.15, 0.2) is 11.4 Å². The maximum Gasteiger partial charge on any atom is 0.271 e. The van der Waals surface area contributed by atoms with Gasteiger partial charge in [0.1, 0.15) is 5.70 Å². The van der Waals surface area contributed by atoms with Crippen LogP contribution in [0.25, 0.3) is 0 Å². The van der Waals surface area contributed by atoms with Gasteiger partial charge in [0.15, 0.2) is 0 Å². The lowest BCUT2D eigenvalue weighted by atomic mass is 10.4. The number of hydrogen-bond acceptors (Lipinski definition) is 3. The Kier molecular flexibility index (Phi) is 2.03. The molecule has 0 atom stereocenters. The molecule has 1 aliphatic heterocycles. The van der Waals surface area contributed by atoms with E-state index in [4.69, 9.17) is 0 Å². The van der Waals surface area contributed by atoms with Gasteiger partial charge in [0.05, 0.1) is 12.2 Å². The Morgan fingerprint density at radius 1 is 1.36 bits per heavy atom. The van der Waals surface area contributed by atoms with Gasteiger partial charge in [-0.3, -0.25) is 4.79 Å². The van der Waals surface area contributed by atoms with Gasteiger partial charge in [-0.15, -0.1) is 0 Å². The molecule has 0 aromatic rings. The van der Waals surface area contributed by atoms with E-state index in [1.807, 2.05) is 7.05 Å². The predicted molar refractivity (Wildman–Crippen MR) is 42.8 cm³/mol. The zero-order valence-electron chi connectivity index (χ0n) is 7.06. The van der Waals surface area contributed by atoms with Gasteiger partial charge in [-0.2, -0.15) is 0 Å². The van der Waals surface area contributed by atoms with Crippen LogP contribution in [0.5, 0.6) is 0 Å². The molecule has 0 unspecified atom stereocenters. The molecule has 1 heterocycles. The summed E-state index contributed by atoms with van der Waals surface area (Å²) in [6.07, 6.45) is 0. The standard InChI is InChI=1S/C7H13N3O/c1-8-5-4-10(3)7(11)6(5)9-2/h8-9H,4H2,1-3H3. The number of nitrogens with one attached hydrogen (secondary N) is 2. The normalized spacial score (nSPS) is 17.7. The van der Waals surface area contributed by atoms with Gasteiger partial charge in [-0.1, -0.05) is 0 Å². The van der Waals surface area contributed by atoms with Crippen LogP contribution < -0.4 is 10.6 Å². The molecular formula is C7H13N3O. The first-order valence-corrected chi connectivity index (χ1v) is 3.54. The quantitative estimate of drug-likeness (QED) is 0.543. The van der Waals surface area contributed by atoms with E-state index in [9.17, 15) is 4.79 Å². The Hall–Kier alpha value is -1.19.